The van der Waals surface area contributed by atoms with Crippen molar-refractivity contribution in [3.8, 4) is 0 Å². The molecule has 2 unspecified atom stereocenters. The Kier molecular flexibility index (Phi) is 5.68. The minimum Gasteiger partial charge on any atom is -0.481 e. The number of aliphatic carboxylic acids is 1. The number of carbonyl (C=O) groups is 2. The fraction of sp³-hybridized carbons (Fsp3) is 0.389. The number of aromatic nitrogens is 1. The number of hydrogen-bond donors (Lipinski definition) is 3. The van der Waals surface area contributed by atoms with E-state index < -0.39 is 27.8 Å². The van der Waals surface area contributed by atoms with Crippen molar-refractivity contribution < 1.29 is 27.6 Å². The van der Waals surface area contributed by atoms with Gasteiger partial charge < -0.3 is 14.9 Å². The molecule has 28 heavy (non-hydrogen) atoms. The van der Waals surface area contributed by atoms with Crippen molar-refractivity contribution in [3.63, 3.8) is 0 Å². The number of carbonyl (C=O) groups excluding carboxylic acids is 1. The summed E-state index contributed by atoms with van der Waals surface area (Å²) >= 11 is 0. The van der Waals surface area contributed by atoms with E-state index in [4.69, 9.17) is 4.52 Å². The van der Waals surface area contributed by atoms with Gasteiger partial charge in [-0.2, -0.15) is 0 Å². The predicted molar refractivity (Wildman–Crippen MR) is 100 cm³/mol. The van der Waals surface area contributed by atoms with E-state index in [2.05, 4.69) is 15.2 Å². The second kappa shape index (κ2) is 8.01. The van der Waals surface area contributed by atoms with Gasteiger partial charge in [-0.15, -0.1) is 0 Å². The maximum absolute atomic E-state index is 12.5. The van der Waals surface area contributed by atoms with Crippen LogP contribution in [-0.4, -0.2) is 30.6 Å². The first-order chi connectivity index (χ1) is 13.3. The van der Waals surface area contributed by atoms with Crippen molar-refractivity contribution in [2.75, 3.05) is 10.0 Å². The summed E-state index contributed by atoms with van der Waals surface area (Å²) in [5.41, 5.74) is 0.399. The van der Waals surface area contributed by atoms with E-state index in [1.54, 1.807) is 6.92 Å². The van der Waals surface area contributed by atoms with Gasteiger partial charge in [0, 0.05) is 11.8 Å². The highest BCUT2D eigenvalue weighted by molar-refractivity contribution is 7.92. The number of carboxylic acids is 1. The zero-order valence-corrected chi connectivity index (χ0v) is 16.0. The van der Waals surface area contributed by atoms with Crippen LogP contribution in [0.1, 0.15) is 31.4 Å². The van der Waals surface area contributed by atoms with E-state index in [9.17, 15) is 23.1 Å². The van der Waals surface area contributed by atoms with E-state index >= 15 is 0 Å². The van der Waals surface area contributed by atoms with E-state index in [1.165, 1.54) is 30.3 Å². The minimum absolute atomic E-state index is 0.00719. The molecule has 3 N–H and O–H groups in total. The highest BCUT2D eigenvalue weighted by atomic mass is 32.2. The van der Waals surface area contributed by atoms with Crippen LogP contribution in [0.3, 0.4) is 0 Å². The topological polar surface area (TPSA) is 139 Å². The third kappa shape index (κ3) is 4.50. The second-order valence-electron chi connectivity index (χ2n) is 6.78. The first-order valence-electron chi connectivity index (χ1n) is 8.86. The Balaban J connectivity index is 1.68. The number of carboxylic acid groups (broad SMARTS) is 1. The predicted octanol–water partition coefficient (Wildman–Crippen LogP) is 2.61. The van der Waals surface area contributed by atoms with Crippen LogP contribution in [0.5, 0.6) is 0 Å². The first kappa shape index (κ1) is 19.9. The maximum Gasteiger partial charge on any atom is 0.307 e. The van der Waals surface area contributed by atoms with Gasteiger partial charge in [0.2, 0.25) is 5.91 Å². The molecule has 0 saturated heterocycles. The normalized spacial score (nSPS) is 19.8. The van der Waals surface area contributed by atoms with Crippen molar-refractivity contribution in [1.29, 1.82) is 0 Å². The third-order valence-electron chi connectivity index (χ3n) is 4.72. The molecule has 0 aliphatic heterocycles. The molecular weight excluding hydrogens is 386 g/mol. The van der Waals surface area contributed by atoms with Gasteiger partial charge in [0.1, 0.15) is 5.76 Å². The first-order valence-corrected chi connectivity index (χ1v) is 10.3. The Labute approximate surface area is 162 Å². The molecule has 1 saturated carbocycles. The smallest absolute Gasteiger partial charge is 0.307 e. The van der Waals surface area contributed by atoms with Crippen LogP contribution in [0.2, 0.25) is 0 Å². The maximum atomic E-state index is 12.5. The molecule has 2 aromatic rings. The molecule has 0 spiro atoms. The summed E-state index contributed by atoms with van der Waals surface area (Å²) in [4.78, 5) is 23.8. The van der Waals surface area contributed by atoms with Gasteiger partial charge in [-0.3, -0.25) is 14.3 Å². The number of anilines is 2. The molecule has 1 aliphatic carbocycles. The number of benzene rings is 1. The van der Waals surface area contributed by atoms with Crippen LogP contribution in [0, 0.1) is 18.8 Å². The monoisotopic (exact) mass is 407 g/mol. The summed E-state index contributed by atoms with van der Waals surface area (Å²) in [7, 11) is -3.85. The minimum atomic E-state index is -3.85. The van der Waals surface area contributed by atoms with Gasteiger partial charge in [0.15, 0.2) is 5.82 Å². The molecule has 9 nitrogen and oxygen atoms in total. The molecule has 1 amide bonds. The van der Waals surface area contributed by atoms with Crippen LogP contribution < -0.4 is 10.0 Å². The molecule has 1 aromatic heterocycles. The third-order valence-corrected chi connectivity index (χ3v) is 6.09. The molecule has 1 fully saturated rings. The SMILES string of the molecule is Cc1cc(NS(=O)(=O)c2ccc(NC(=O)C3CCCCC3C(=O)O)cc2)no1. The average molecular weight is 407 g/mol. The van der Waals surface area contributed by atoms with Crippen LogP contribution >= 0.6 is 0 Å². The van der Waals surface area contributed by atoms with E-state index in [1.807, 2.05) is 0 Å². The van der Waals surface area contributed by atoms with Crippen LogP contribution in [0.25, 0.3) is 0 Å². The molecule has 1 aromatic carbocycles. The molecule has 1 heterocycles. The Morgan fingerprint density at radius 3 is 2.36 bits per heavy atom. The lowest BCUT2D eigenvalue weighted by molar-refractivity contribution is -0.147. The molecule has 1 aliphatic rings. The number of sulfonamides is 1. The quantitative estimate of drug-likeness (QED) is 0.669. The van der Waals surface area contributed by atoms with Gasteiger partial charge in [0.05, 0.1) is 16.7 Å². The van der Waals surface area contributed by atoms with Crippen LogP contribution in [0.15, 0.2) is 39.8 Å². The highest BCUT2D eigenvalue weighted by Gasteiger charge is 2.35. The summed E-state index contributed by atoms with van der Waals surface area (Å²) in [6.45, 7) is 1.64. The zero-order valence-electron chi connectivity index (χ0n) is 15.2. The van der Waals surface area contributed by atoms with Crippen molar-refractivity contribution in [1.82, 2.24) is 5.16 Å². The van der Waals surface area contributed by atoms with Crippen molar-refractivity contribution in [2.45, 2.75) is 37.5 Å². The lowest BCUT2D eigenvalue weighted by Crippen LogP contribution is -2.36. The Bertz CT molecular complexity index is 967. The molecular formula is C18H21N3O6S. The van der Waals surface area contributed by atoms with Gasteiger partial charge in [-0.1, -0.05) is 18.0 Å². The molecule has 0 bridgehead atoms. The van der Waals surface area contributed by atoms with Crippen molar-refractivity contribution >= 4 is 33.4 Å². The molecule has 2 atom stereocenters. The highest BCUT2D eigenvalue weighted by Crippen LogP contribution is 2.31. The second-order valence-corrected chi connectivity index (χ2v) is 8.46. The number of rotatable bonds is 6. The Hall–Kier alpha value is -2.88. The number of hydrogen-bond acceptors (Lipinski definition) is 6. The average Bonchev–Trinajstić information content (AvgIpc) is 3.06. The molecule has 0 radical (unpaired) electrons. The summed E-state index contributed by atoms with van der Waals surface area (Å²) in [6.07, 6.45) is 2.62. The fourth-order valence-corrected chi connectivity index (χ4v) is 4.29. The fourth-order valence-electron chi connectivity index (χ4n) is 3.30. The summed E-state index contributed by atoms with van der Waals surface area (Å²) in [5, 5.41) is 15.6. The largest absolute Gasteiger partial charge is 0.481 e. The summed E-state index contributed by atoms with van der Waals surface area (Å²) in [6, 6.07) is 7.06. The van der Waals surface area contributed by atoms with Crippen LogP contribution in [0.4, 0.5) is 11.5 Å². The van der Waals surface area contributed by atoms with Crippen molar-refractivity contribution in [3.05, 3.63) is 36.1 Å². The van der Waals surface area contributed by atoms with Gasteiger partial charge >= 0.3 is 5.97 Å². The van der Waals surface area contributed by atoms with Crippen LogP contribution in [-0.2, 0) is 19.6 Å². The summed E-state index contributed by atoms with van der Waals surface area (Å²) < 4.78 is 31.9. The molecule has 10 heteroatoms. The number of nitrogens with zero attached hydrogens (tertiary/aromatic N) is 1. The van der Waals surface area contributed by atoms with E-state index in [0.717, 1.165) is 12.8 Å². The Morgan fingerprint density at radius 1 is 1.14 bits per heavy atom. The van der Waals surface area contributed by atoms with Gasteiger partial charge in [-0.25, -0.2) is 8.42 Å². The lowest BCUT2D eigenvalue weighted by Gasteiger charge is -2.27. The van der Waals surface area contributed by atoms with Gasteiger partial charge in [-0.05, 0) is 44.0 Å². The molecule has 150 valence electrons. The zero-order chi connectivity index (χ0) is 20.3. The Morgan fingerprint density at radius 2 is 1.79 bits per heavy atom. The standard InChI is InChI=1S/C18H21N3O6S/c1-11-10-16(20-27-11)21-28(25,26)13-8-6-12(7-9-13)19-17(22)14-4-2-3-5-15(14)18(23)24/h6-10,14-15H,2-5H2,1H3,(H,19,22)(H,20,21)(H,23,24). The number of aryl methyl sites for hydroxylation is 1. The van der Waals surface area contributed by atoms with Gasteiger partial charge in [0.25, 0.3) is 10.0 Å². The summed E-state index contributed by atoms with van der Waals surface area (Å²) in [5.74, 6) is -2.06. The van der Waals surface area contributed by atoms with E-state index in [-0.39, 0.29) is 16.6 Å². The number of amides is 1. The molecule has 3 rings (SSSR count). The van der Waals surface area contributed by atoms with E-state index in [0.29, 0.717) is 24.3 Å². The van der Waals surface area contributed by atoms with Crippen molar-refractivity contribution in [2.24, 2.45) is 11.8 Å². The number of nitrogens with one attached hydrogen (secondary N) is 2. The lowest BCUT2D eigenvalue weighted by atomic mass is 9.78.